The molecule has 2 aromatic heterocycles. The van der Waals surface area contributed by atoms with Crippen molar-refractivity contribution in [1.82, 2.24) is 30.1 Å². The highest BCUT2D eigenvalue weighted by molar-refractivity contribution is 5.83. The monoisotopic (exact) mass is 380 g/mol. The molecule has 28 heavy (non-hydrogen) atoms. The van der Waals surface area contributed by atoms with Gasteiger partial charge in [0.25, 0.3) is 5.95 Å². The zero-order valence-corrected chi connectivity index (χ0v) is 16.5. The van der Waals surface area contributed by atoms with Gasteiger partial charge in [0.1, 0.15) is 0 Å². The van der Waals surface area contributed by atoms with Gasteiger partial charge in [-0.05, 0) is 69.0 Å². The average Bonchev–Trinajstić information content (AvgIpc) is 3.48. The maximum atomic E-state index is 5.67. The maximum Gasteiger partial charge on any atom is 0.291 e. The number of benzene rings is 1. The van der Waals surface area contributed by atoms with Gasteiger partial charge in [-0.1, -0.05) is 25.1 Å². The Morgan fingerprint density at radius 3 is 2.82 bits per heavy atom. The molecule has 0 bridgehead atoms. The van der Waals surface area contributed by atoms with Crippen molar-refractivity contribution >= 4 is 10.9 Å². The molecular weight excluding hydrogens is 352 g/mol. The standard InChI is InChI=1S/C21H28N6O/c1-2-18-17-5-3-4-6-19(17)27(24-18)21-23-20(28-25-21)16-8-11-26(12-9-16)14-15-7-10-22-13-15/h3-6,15-16,22H,2,7-14H2,1H3/t15-/m0/s1. The van der Waals surface area contributed by atoms with Crippen molar-refractivity contribution in [3.05, 3.63) is 35.9 Å². The summed E-state index contributed by atoms with van der Waals surface area (Å²) in [7, 11) is 0. The molecule has 5 rings (SSSR count). The van der Waals surface area contributed by atoms with E-state index in [1.54, 1.807) is 0 Å². The lowest BCUT2D eigenvalue weighted by Crippen LogP contribution is -2.37. The minimum absolute atomic E-state index is 0.353. The number of piperidine rings is 1. The molecule has 148 valence electrons. The molecule has 0 saturated carbocycles. The fourth-order valence-electron chi connectivity index (χ4n) is 4.62. The lowest BCUT2D eigenvalue weighted by molar-refractivity contribution is 0.174. The van der Waals surface area contributed by atoms with Gasteiger partial charge < -0.3 is 14.7 Å². The average molecular weight is 380 g/mol. The zero-order chi connectivity index (χ0) is 18.9. The van der Waals surface area contributed by atoms with Gasteiger partial charge in [0.2, 0.25) is 5.89 Å². The number of hydrogen-bond donors (Lipinski definition) is 1. The Balaban J connectivity index is 1.29. The molecule has 0 spiro atoms. The molecule has 2 aliphatic rings. The topological polar surface area (TPSA) is 72.0 Å². The van der Waals surface area contributed by atoms with Crippen molar-refractivity contribution in [2.24, 2.45) is 5.92 Å². The summed E-state index contributed by atoms with van der Waals surface area (Å²) in [6.07, 6.45) is 4.36. The largest absolute Gasteiger partial charge is 0.337 e. The quantitative estimate of drug-likeness (QED) is 0.734. The second-order valence-corrected chi connectivity index (χ2v) is 8.10. The van der Waals surface area contributed by atoms with Gasteiger partial charge in [0, 0.05) is 17.8 Å². The van der Waals surface area contributed by atoms with E-state index in [2.05, 4.69) is 34.4 Å². The van der Waals surface area contributed by atoms with Crippen LogP contribution in [0, 0.1) is 5.92 Å². The third-order valence-corrected chi connectivity index (χ3v) is 6.23. The molecule has 3 aromatic rings. The van der Waals surface area contributed by atoms with Crippen LogP contribution in [0.3, 0.4) is 0 Å². The molecule has 7 heteroatoms. The first-order chi connectivity index (χ1) is 13.8. The maximum absolute atomic E-state index is 5.67. The number of aryl methyl sites for hydroxylation is 1. The van der Waals surface area contributed by atoms with Gasteiger partial charge >= 0.3 is 0 Å². The first-order valence-electron chi connectivity index (χ1n) is 10.6. The summed E-state index contributed by atoms with van der Waals surface area (Å²) in [4.78, 5) is 7.32. The lowest BCUT2D eigenvalue weighted by Gasteiger charge is -2.31. The molecule has 1 aromatic carbocycles. The highest BCUT2D eigenvalue weighted by Gasteiger charge is 2.28. The second-order valence-electron chi connectivity index (χ2n) is 8.10. The highest BCUT2D eigenvalue weighted by Crippen LogP contribution is 2.29. The molecule has 0 unspecified atom stereocenters. The third kappa shape index (κ3) is 3.33. The normalized spacial score (nSPS) is 21.7. The number of nitrogens with zero attached hydrogens (tertiary/aromatic N) is 5. The fourth-order valence-corrected chi connectivity index (χ4v) is 4.62. The van der Waals surface area contributed by atoms with Gasteiger partial charge in [0.05, 0.1) is 11.2 Å². The molecule has 2 saturated heterocycles. The van der Waals surface area contributed by atoms with E-state index < -0.39 is 0 Å². The molecular formula is C21H28N6O. The summed E-state index contributed by atoms with van der Waals surface area (Å²) >= 11 is 0. The van der Waals surface area contributed by atoms with E-state index in [9.17, 15) is 0 Å². The predicted octanol–water partition coefficient (Wildman–Crippen LogP) is 2.76. The first kappa shape index (κ1) is 17.8. The summed E-state index contributed by atoms with van der Waals surface area (Å²) in [6, 6.07) is 8.24. The van der Waals surface area contributed by atoms with E-state index in [1.807, 2.05) is 16.8 Å². The van der Waals surface area contributed by atoms with Crippen LogP contribution >= 0.6 is 0 Å². The van der Waals surface area contributed by atoms with E-state index in [0.717, 1.165) is 60.8 Å². The van der Waals surface area contributed by atoms with Crippen molar-refractivity contribution in [3.8, 4) is 5.95 Å². The molecule has 4 heterocycles. The van der Waals surface area contributed by atoms with Gasteiger partial charge in [-0.3, -0.25) is 0 Å². The number of para-hydroxylation sites is 1. The van der Waals surface area contributed by atoms with Crippen LogP contribution in [-0.2, 0) is 6.42 Å². The van der Waals surface area contributed by atoms with E-state index in [0.29, 0.717) is 11.9 Å². The molecule has 0 radical (unpaired) electrons. The number of fused-ring (bicyclic) bond motifs is 1. The smallest absolute Gasteiger partial charge is 0.291 e. The first-order valence-corrected chi connectivity index (χ1v) is 10.6. The summed E-state index contributed by atoms with van der Waals surface area (Å²) in [6.45, 7) is 7.91. The lowest BCUT2D eigenvalue weighted by atomic mass is 9.95. The van der Waals surface area contributed by atoms with Crippen molar-refractivity contribution < 1.29 is 4.52 Å². The Hall–Kier alpha value is -2.25. The van der Waals surface area contributed by atoms with Crippen molar-refractivity contribution in [1.29, 1.82) is 0 Å². The van der Waals surface area contributed by atoms with E-state index in [4.69, 9.17) is 14.6 Å². The number of hydrogen-bond acceptors (Lipinski definition) is 6. The van der Waals surface area contributed by atoms with Crippen molar-refractivity contribution in [2.75, 3.05) is 32.7 Å². The van der Waals surface area contributed by atoms with Crippen LogP contribution in [0.2, 0.25) is 0 Å². The Kier molecular flexibility index (Phi) is 4.86. The van der Waals surface area contributed by atoms with Gasteiger partial charge in [-0.2, -0.15) is 14.8 Å². The second kappa shape index (κ2) is 7.64. The van der Waals surface area contributed by atoms with Crippen LogP contribution in [0.1, 0.15) is 43.7 Å². The van der Waals surface area contributed by atoms with E-state index >= 15 is 0 Å². The number of aromatic nitrogens is 4. The van der Waals surface area contributed by atoms with Crippen LogP contribution < -0.4 is 5.32 Å². The highest BCUT2D eigenvalue weighted by atomic mass is 16.5. The summed E-state index contributed by atoms with van der Waals surface area (Å²) < 4.78 is 7.49. The van der Waals surface area contributed by atoms with Crippen LogP contribution in [0.15, 0.2) is 28.8 Å². The Morgan fingerprint density at radius 2 is 2.04 bits per heavy atom. The molecule has 1 N–H and O–H groups in total. The van der Waals surface area contributed by atoms with Crippen LogP contribution in [0.4, 0.5) is 0 Å². The predicted molar refractivity (Wildman–Crippen MR) is 108 cm³/mol. The van der Waals surface area contributed by atoms with Crippen LogP contribution in [-0.4, -0.2) is 57.5 Å². The minimum Gasteiger partial charge on any atom is -0.337 e. The van der Waals surface area contributed by atoms with Crippen LogP contribution in [0.25, 0.3) is 16.9 Å². The Labute approximate surface area is 165 Å². The zero-order valence-electron chi connectivity index (χ0n) is 16.5. The molecule has 7 nitrogen and oxygen atoms in total. The number of likely N-dealkylation sites (tertiary alicyclic amines) is 1. The summed E-state index contributed by atoms with van der Waals surface area (Å²) in [5.74, 6) is 2.47. The van der Waals surface area contributed by atoms with Crippen molar-refractivity contribution in [3.63, 3.8) is 0 Å². The van der Waals surface area contributed by atoms with Gasteiger partial charge in [-0.25, -0.2) is 0 Å². The van der Waals surface area contributed by atoms with Gasteiger partial charge in [0.15, 0.2) is 0 Å². The molecule has 2 aliphatic heterocycles. The number of rotatable bonds is 5. The fraction of sp³-hybridized carbons (Fsp3) is 0.571. The van der Waals surface area contributed by atoms with E-state index in [1.165, 1.54) is 26.1 Å². The Morgan fingerprint density at radius 1 is 1.18 bits per heavy atom. The van der Waals surface area contributed by atoms with Crippen LogP contribution in [0.5, 0.6) is 0 Å². The van der Waals surface area contributed by atoms with E-state index in [-0.39, 0.29) is 0 Å². The molecule has 2 fully saturated rings. The summed E-state index contributed by atoms with van der Waals surface area (Å²) in [5.41, 5.74) is 2.10. The SMILES string of the molecule is CCc1nn(-c2noc(C3CCN(C[C@H]4CCNC4)CC3)n2)c2ccccc12. The Bertz CT molecular complexity index is 933. The molecule has 1 atom stereocenters. The number of nitrogens with one attached hydrogen (secondary N) is 1. The molecule has 0 amide bonds. The summed E-state index contributed by atoms with van der Waals surface area (Å²) in [5, 5.41) is 13.6. The minimum atomic E-state index is 0.353. The third-order valence-electron chi connectivity index (χ3n) is 6.23. The van der Waals surface area contributed by atoms with Gasteiger partial charge in [-0.15, -0.1) is 0 Å². The molecule has 0 aliphatic carbocycles. The van der Waals surface area contributed by atoms with Crippen molar-refractivity contribution in [2.45, 2.75) is 38.5 Å².